The first kappa shape index (κ1) is 22.2. The highest BCUT2D eigenvalue weighted by Gasteiger charge is 2.23. The van der Waals surface area contributed by atoms with E-state index in [9.17, 15) is 4.79 Å². The number of nitrogens with one attached hydrogen (secondary N) is 2. The van der Waals surface area contributed by atoms with Crippen LogP contribution in [0.2, 0.25) is 0 Å². The maximum atomic E-state index is 12.5. The highest BCUT2D eigenvalue weighted by molar-refractivity contribution is 5.74. The fourth-order valence-corrected chi connectivity index (χ4v) is 5.35. The van der Waals surface area contributed by atoms with E-state index in [0.717, 1.165) is 85.1 Å². The number of aromatic nitrogens is 1. The summed E-state index contributed by atoms with van der Waals surface area (Å²) in [6.07, 6.45) is 3.13. The van der Waals surface area contributed by atoms with Gasteiger partial charge in [0.25, 0.3) is 0 Å². The molecule has 0 bridgehead atoms. The lowest BCUT2D eigenvalue weighted by molar-refractivity contribution is 0.122. The number of anilines is 2. The molecule has 0 unspecified atom stereocenters. The molecule has 0 aliphatic carbocycles. The average molecular weight is 473 g/mol. The van der Waals surface area contributed by atoms with Gasteiger partial charge in [0, 0.05) is 54.1 Å². The van der Waals surface area contributed by atoms with Crippen LogP contribution in [0.1, 0.15) is 24.0 Å². The Morgan fingerprint density at radius 1 is 0.971 bits per heavy atom. The van der Waals surface area contributed by atoms with E-state index in [-0.39, 0.29) is 5.56 Å². The van der Waals surface area contributed by atoms with Gasteiger partial charge in [0.15, 0.2) is 0 Å². The van der Waals surface area contributed by atoms with Crippen LogP contribution in [0.15, 0.2) is 53.3 Å². The van der Waals surface area contributed by atoms with Crippen molar-refractivity contribution in [2.45, 2.75) is 25.3 Å². The van der Waals surface area contributed by atoms with E-state index in [2.05, 4.69) is 57.5 Å². The molecule has 182 valence electrons. The van der Waals surface area contributed by atoms with Crippen molar-refractivity contribution in [2.24, 2.45) is 0 Å². The number of likely N-dealkylation sites (tertiary alicyclic amines) is 1. The van der Waals surface area contributed by atoms with Crippen LogP contribution < -0.4 is 20.5 Å². The number of hydrogen-bond donors (Lipinski definition) is 2. The highest BCUT2D eigenvalue weighted by Crippen LogP contribution is 2.43. The molecule has 0 atom stereocenters. The van der Waals surface area contributed by atoms with Gasteiger partial charge in [0.2, 0.25) is 5.56 Å². The van der Waals surface area contributed by atoms with Gasteiger partial charge in [-0.05, 0) is 68.9 Å². The van der Waals surface area contributed by atoms with Crippen molar-refractivity contribution in [2.75, 3.05) is 56.7 Å². The van der Waals surface area contributed by atoms with Crippen molar-refractivity contribution in [1.29, 1.82) is 0 Å². The number of nitrogens with zero attached hydrogens (tertiary/aromatic N) is 2. The summed E-state index contributed by atoms with van der Waals surface area (Å²) >= 11 is 0. The van der Waals surface area contributed by atoms with E-state index in [1.165, 1.54) is 5.56 Å². The van der Waals surface area contributed by atoms with Gasteiger partial charge < -0.3 is 29.6 Å². The lowest BCUT2D eigenvalue weighted by Crippen LogP contribution is -2.36. The van der Waals surface area contributed by atoms with Crippen LogP contribution in [0.4, 0.5) is 11.4 Å². The predicted octanol–water partition coefficient (Wildman–Crippen LogP) is 4.08. The topological polar surface area (TPSA) is 69.8 Å². The van der Waals surface area contributed by atoms with Gasteiger partial charge in [-0.3, -0.25) is 4.79 Å². The molecule has 4 heterocycles. The molecule has 0 saturated carbocycles. The number of hydrogen-bond acceptors (Lipinski definition) is 6. The second kappa shape index (κ2) is 9.40. The number of pyridine rings is 1. The number of aromatic amines is 1. The predicted molar refractivity (Wildman–Crippen MR) is 139 cm³/mol. The molecule has 2 fully saturated rings. The monoisotopic (exact) mass is 472 g/mol. The third-order valence-electron chi connectivity index (χ3n) is 7.33. The van der Waals surface area contributed by atoms with E-state index >= 15 is 0 Å². The molecule has 3 aromatic rings. The van der Waals surface area contributed by atoms with E-state index in [4.69, 9.17) is 9.47 Å². The zero-order valence-electron chi connectivity index (χ0n) is 20.2. The molecule has 7 nitrogen and oxygen atoms in total. The highest BCUT2D eigenvalue weighted by atomic mass is 16.5. The normalized spacial score (nSPS) is 18.5. The standard InChI is InChI=1S/C28H32N4O3/c1-31-9-7-21(8-10-31)29-22-5-6-26-20(16-22)15-19-3-2-4-24(28(19)35-26)25-17-23(18-27(33)30-25)32-11-13-34-14-12-32/h2-6,16-18,21,29H,7-15H2,1H3,(H,30,33). The van der Waals surface area contributed by atoms with Crippen LogP contribution in [0.3, 0.4) is 0 Å². The average Bonchev–Trinajstić information content (AvgIpc) is 2.88. The van der Waals surface area contributed by atoms with Crippen molar-refractivity contribution in [3.05, 3.63) is 70.0 Å². The Labute approximate surface area is 205 Å². The van der Waals surface area contributed by atoms with Crippen LogP contribution >= 0.6 is 0 Å². The van der Waals surface area contributed by atoms with E-state index < -0.39 is 0 Å². The zero-order valence-corrected chi connectivity index (χ0v) is 20.2. The number of para-hydroxylation sites is 1. The number of fused-ring (bicyclic) bond motifs is 2. The lowest BCUT2D eigenvalue weighted by Gasteiger charge is -2.30. The van der Waals surface area contributed by atoms with Crippen LogP contribution in [0.5, 0.6) is 11.5 Å². The van der Waals surface area contributed by atoms with Crippen LogP contribution in [0, 0.1) is 0 Å². The van der Waals surface area contributed by atoms with Gasteiger partial charge in [-0.1, -0.05) is 12.1 Å². The van der Waals surface area contributed by atoms with Crippen LogP contribution in [-0.2, 0) is 11.2 Å². The molecular weight excluding hydrogens is 440 g/mol. The molecule has 2 aromatic carbocycles. The van der Waals surface area contributed by atoms with Crippen LogP contribution in [-0.4, -0.2) is 62.4 Å². The molecule has 2 saturated heterocycles. The van der Waals surface area contributed by atoms with Crippen LogP contribution in [0.25, 0.3) is 11.3 Å². The van der Waals surface area contributed by atoms with Crippen molar-refractivity contribution in [3.63, 3.8) is 0 Å². The van der Waals surface area contributed by atoms with Gasteiger partial charge in [-0.2, -0.15) is 0 Å². The minimum absolute atomic E-state index is 0.109. The SMILES string of the molecule is CN1CCC(Nc2ccc3c(c2)Cc2cccc(-c4cc(N5CCOCC5)cc(=O)[nH]4)c2O3)CC1. The van der Waals surface area contributed by atoms with Gasteiger partial charge >= 0.3 is 0 Å². The van der Waals surface area contributed by atoms with Crippen molar-refractivity contribution < 1.29 is 9.47 Å². The quantitative estimate of drug-likeness (QED) is 0.467. The minimum Gasteiger partial charge on any atom is -0.456 e. The zero-order chi connectivity index (χ0) is 23.8. The first-order valence-corrected chi connectivity index (χ1v) is 12.6. The second-order valence-corrected chi connectivity index (χ2v) is 9.83. The third kappa shape index (κ3) is 4.66. The number of rotatable bonds is 4. The summed E-state index contributed by atoms with van der Waals surface area (Å²) in [6.45, 7) is 5.20. The van der Waals surface area contributed by atoms with Crippen molar-refractivity contribution >= 4 is 11.4 Å². The lowest BCUT2D eigenvalue weighted by atomic mass is 9.96. The Bertz CT molecular complexity index is 1270. The molecule has 2 N–H and O–H groups in total. The summed E-state index contributed by atoms with van der Waals surface area (Å²) in [5, 5.41) is 3.72. The summed E-state index contributed by atoms with van der Waals surface area (Å²) < 4.78 is 11.9. The third-order valence-corrected chi connectivity index (χ3v) is 7.33. The summed E-state index contributed by atoms with van der Waals surface area (Å²) in [4.78, 5) is 20.2. The maximum Gasteiger partial charge on any atom is 0.250 e. The first-order chi connectivity index (χ1) is 17.1. The first-order valence-electron chi connectivity index (χ1n) is 12.6. The molecule has 3 aliphatic heterocycles. The molecule has 0 radical (unpaired) electrons. The number of piperidine rings is 1. The van der Waals surface area contributed by atoms with E-state index in [1.807, 2.05) is 12.1 Å². The van der Waals surface area contributed by atoms with Gasteiger partial charge in [-0.25, -0.2) is 0 Å². The fourth-order valence-electron chi connectivity index (χ4n) is 5.35. The Hall–Kier alpha value is -3.29. The molecule has 6 rings (SSSR count). The van der Waals surface area contributed by atoms with E-state index in [0.29, 0.717) is 19.3 Å². The maximum absolute atomic E-state index is 12.5. The Balaban J connectivity index is 1.27. The number of ether oxygens (including phenoxy) is 2. The largest absolute Gasteiger partial charge is 0.456 e. The molecule has 0 amide bonds. The number of morpholine rings is 1. The van der Waals surface area contributed by atoms with Crippen molar-refractivity contribution in [3.8, 4) is 22.8 Å². The van der Waals surface area contributed by atoms with Gasteiger partial charge in [0.05, 0.1) is 18.9 Å². The molecule has 1 aromatic heterocycles. The van der Waals surface area contributed by atoms with Gasteiger partial charge in [0.1, 0.15) is 11.5 Å². The molecule has 3 aliphatic rings. The number of benzene rings is 2. The van der Waals surface area contributed by atoms with E-state index in [1.54, 1.807) is 6.07 Å². The van der Waals surface area contributed by atoms with Crippen molar-refractivity contribution in [1.82, 2.24) is 9.88 Å². The molecule has 0 spiro atoms. The smallest absolute Gasteiger partial charge is 0.250 e. The fraction of sp³-hybridized carbons (Fsp3) is 0.393. The molecular formula is C28H32N4O3. The summed E-state index contributed by atoms with van der Waals surface area (Å²) in [5.74, 6) is 1.70. The summed E-state index contributed by atoms with van der Waals surface area (Å²) in [5.41, 5.74) is 5.97. The summed E-state index contributed by atoms with van der Waals surface area (Å²) in [6, 6.07) is 16.8. The summed E-state index contributed by atoms with van der Waals surface area (Å²) in [7, 11) is 2.19. The Morgan fingerprint density at radius 3 is 2.63 bits per heavy atom. The minimum atomic E-state index is -0.109. The van der Waals surface area contributed by atoms with Gasteiger partial charge in [-0.15, -0.1) is 0 Å². The second-order valence-electron chi connectivity index (χ2n) is 9.83. The Kier molecular flexibility index (Phi) is 5.96. The molecule has 35 heavy (non-hydrogen) atoms. The molecule has 7 heteroatoms. The number of H-pyrrole nitrogens is 1. The Morgan fingerprint density at radius 2 is 1.80 bits per heavy atom.